The largest absolute Gasteiger partial charge is 0.480 e. The van der Waals surface area contributed by atoms with Crippen LogP contribution in [0.25, 0.3) is 12.7 Å². The van der Waals surface area contributed by atoms with E-state index in [9.17, 15) is 4.79 Å². The van der Waals surface area contributed by atoms with Crippen LogP contribution in [-0.2, 0) is 11.3 Å². The normalized spacial score (nSPS) is 11.7. The van der Waals surface area contributed by atoms with Crippen molar-refractivity contribution in [2.75, 3.05) is 0 Å². The van der Waals surface area contributed by atoms with Gasteiger partial charge in [-0.2, -0.15) is 0 Å². The fourth-order valence-corrected chi connectivity index (χ4v) is 2.06. The highest BCUT2D eigenvalue weighted by Crippen LogP contribution is 2.02. The average molecular weight is 274 g/mol. The Bertz CT molecular complexity index is 769. The monoisotopic (exact) mass is 274 g/mol. The minimum Gasteiger partial charge on any atom is -0.480 e. The Hall–Kier alpha value is -2.14. The van der Waals surface area contributed by atoms with Crippen LogP contribution in [0.1, 0.15) is 11.1 Å². The highest BCUT2D eigenvalue weighted by atomic mass is 32.1. The quantitative estimate of drug-likeness (QED) is 0.826. The number of rotatable bonds is 3. The summed E-state index contributed by atoms with van der Waals surface area (Å²) in [6.07, 6.45) is 1.90. The van der Waals surface area contributed by atoms with E-state index in [1.165, 1.54) is 10.1 Å². The third-order valence-electron chi connectivity index (χ3n) is 2.81. The molecule has 2 rings (SSSR count). The first-order chi connectivity index (χ1) is 8.97. The number of aliphatic carboxylic acids is 1. The van der Waals surface area contributed by atoms with Crippen LogP contribution < -0.4 is 10.7 Å². The number of benzene rings is 1. The van der Waals surface area contributed by atoms with Crippen LogP contribution in [0.4, 0.5) is 0 Å². The summed E-state index contributed by atoms with van der Waals surface area (Å²) in [5, 5.41) is 10.1. The molecule has 0 saturated heterocycles. The van der Waals surface area contributed by atoms with Gasteiger partial charge in [0.15, 0.2) is 4.77 Å². The minimum absolute atomic E-state index is 0.185. The molecule has 0 aliphatic heterocycles. The molecule has 0 radical (unpaired) electrons. The van der Waals surface area contributed by atoms with Crippen molar-refractivity contribution in [3.05, 3.63) is 50.9 Å². The number of carboxylic acids is 1. The molecular formula is C14H14N2O2S. The van der Waals surface area contributed by atoms with E-state index in [1.807, 2.05) is 37.3 Å². The van der Waals surface area contributed by atoms with Gasteiger partial charge in [-0.25, -0.2) is 0 Å². The molecule has 0 unspecified atom stereocenters. The first-order valence-corrected chi connectivity index (χ1v) is 6.16. The van der Waals surface area contributed by atoms with Gasteiger partial charge >= 0.3 is 5.97 Å². The third kappa shape index (κ3) is 3.00. The predicted molar refractivity (Wildman–Crippen MR) is 76.8 cm³/mol. The third-order valence-corrected chi connectivity index (χ3v) is 3.13. The molecule has 1 heterocycles. The van der Waals surface area contributed by atoms with Crippen LogP contribution in [-0.4, -0.2) is 20.6 Å². The highest BCUT2D eigenvalue weighted by molar-refractivity contribution is 7.71. The molecule has 19 heavy (non-hydrogen) atoms. The fraction of sp³-hybridized carbons (Fsp3) is 0.143. The molecule has 98 valence electrons. The van der Waals surface area contributed by atoms with E-state index < -0.39 is 5.97 Å². The van der Waals surface area contributed by atoms with Crippen molar-refractivity contribution in [3.63, 3.8) is 0 Å². The molecule has 4 nitrogen and oxygen atoms in total. The Morgan fingerprint density at radius 2 is 2.11 bits per heavy atom. The summed E-state index contributed by atoms with van der Waals surface area (Å²) in [5.41, 5.74) is 2.19. The second-order valence-corrected chi connectivity index (χ2v) is 4.71. The Balaban J connectivity index is 2.52. The summed E-state index contributed by atoms with van der Waals surface area (Å²) in [6.45, 7) is 5.72. The van der Waals surface area contributed by atoms with Crippen LogP contribution in [0, 0.1) is 11.7 Å². The van der Waals surface area contributed by atoms with Crippen molar-refractivity contribution in [1.29, 1.82) is 0 Å². The van der Waals surface area contributed by atoms with Gasteiger partial charge in [-0.05, 0) is 30.8 Å². The molecule has 0 bridgehead atoms. The lowest BCUT2D eigenvalue weighted by Gasteiger charge is -1.96. The maximum absolute atomic E-state index is 10.8. The second-order valence-electron chi connectivity index (χ2n) is 4.33. The molecule has 0 amide bonds. The number of aromatic nitrogens is 2. The van der Waals surface area contributed by atoms with E-state index in [4.69, 9.17) is 17.3 Å². The smallest absolute Gasteiger partial charge is 0.323 e. The van der Waals surface area contributed by atoms with Crippen molar-refractivity contribution < 1.29 is 9.90 Å². The number of carbonyl (C=O) groups is 1. The number of aryl methyl sites for hydroxylation is 1. The van der Waals surface area contributed by atoms with Crippen LogP contribution in [0.5, 0.6) is 0 Å². The number of H-pyrrole nitrogens is 1. The van der Waals surface area contributed by atoms with Gasteiger partial charge in [-0.1, -0.05) is 36.4 Å². The topological polar surface area (TPSA) is 58.0 Å². The van der Waals surface area contributed by atoms with Gasteiger partial charge in [-0.15, -0.1) is 0 Å². The standard InChI is InChI=1S/C14H14N2O2S/c1-9-3-5-11(6-4-9)7-12-10(2)16(8-13(17)18)14(19)15-12/h3-7H,2,8H2,1H3,(H,15,19)(H,17,18)/b12-7-. The molecule has 0 aliphatic carbocycles. The van der Waals surface area contributed by atoms with Crippen molar-refractivity contribution in [2.45, 2.75) is 13.5 Å². The molecule has 5 heteroatoms. The molecule has 2 N–H and O–H groups in total. The SMILES string of the molecule is C=c1/c(=C/c2ccc(C)cc2)[nH]c(=S)n1CC(=O)O. The average Bonchev–Trinajstić information content (AvgIpc) is 2.60. The van der Waals surface area contributed by atoms with E-state index in [2.05, 4.69) is 11.6 Å². The summed E-state index contributed by atoms with van der Waals surface area (Å²) in [4.78, 5) is 13.7. The molecule has 0 aliphatic rings. The van der Waals surface area contributed by atoms with Crippen LogP contribution in [0.3, 0.4) is 0 Å². The first kappa shape index (κ1) is 13.3. The van der Waals surface area contributed by atoms with Gasteiger partial charge in [-0.3, -0.25) is 4.79 Å². The summed E-state index contributed by atoms with van der Waals surface area (Å²) in [7, 11) is 0. The first-order valence-electron chi connectivity index (χ1n) is 5.75. The Labute approximate surface area is 115 Å². The minimum atomic E-state index is -0.943. The van der Waals surface area contributed by atoms with Gasteiger partial charge in [0.1, 0.15) is 6.54 Å². The molecule has 2 aromatic rings. The van der Waals surface area contributed by atoms with E-state index in [1.54, 1.807) is 0 Å². The number of nitrogens with one attached hydrogen (secondary N) is 1. The lowest BCUT2D eigenvalue weighted by molar-refractivity contribution is -0.137. The number of hydrogen-bond acceptors (Lipinski definition) is 2. The van der Waals surface area contributed by atoms with Gasteiger partial charge in [0.2, 0.25) is 0 Å². The zero-order chi connectivity index (χ0) is 14.0. The van der Waals surface area contributed by atoms with Gasteiger partial charge in [0.25, 0.3) is 0 Å². The molecule has 0 spiro atoms. The second kappa shape index (κ2) is 5.24. The van der Waals surface area contributed by atoms with Crippen LogP contribution in [0.2, 0.25) is 0 Å². The van der Waals surface area contributed by atoms with E-state index in [0.29, 0.717) is 10.1 Å². The van der Waals surface area contributed by atoms with E-state index in [-0.39, 0.29) is 6.54 Å². The van der Waals surface area contributed by atoms with Gasteiger partial charge in [0, 0.05) is 0 Å². The maximum Gasteiger partial charge on any atom is 0.323 e. The maximum atomic E-state index is 10.8. The van der Waals surface area contributed by atoms with E-state index in [0.717, 1.165) is 10.9 Å². The van der Waals surface area contributed by atoms with Crippen molar-refractivity contribution in [3.8, 4) is 0 Å². The number of nitrogens with zero attached hydrogens (tertiary/aromatic N) is 1. The number of imidazole rings is 1. The fourth-order valence-electron chi connectivity index (χ4n) is 1.77. The molecular weight excluding hydrogens is 260 g/mol. The summed E-state index contributed by atoms with van der Waals surface area (Å²) >= 11 is 5.10. The van der Waals surface area contributed by atoms with Crippen LogP contribution >= 0.6 is 12.2 Å². The predicted octanol–water partition coefficient (Wildman–Crippen LogP) is 1.18. The number of aromatic amines is 1. The Kier molecular flexibility index (Phi) is 3.66. The summed E-state index contributed by atoms with van der Waals surface area (Å²) in [6, 6.07) is 8.00. The zero-order valence-electron chi connectivity index (χ0n) is 10.5. The highest BCUT2D eigenvalue weighted by Gasteiger charge is 2.03. The molecule has 0 atom stereocenters. The van der Waals surface area contributed by atoms with Crippen LogP contribution in [0.15, 0.2) is 24.3 Å². The van der Waals surface area contributed by atoms with Crippen molar-refractivity contribution in [1.82, 2.24) is 9.55 Å². The lowest BCUT2D eigenvalue weighted by Crippen LogP contribution is -2.30. The van der Waals surface area contributed by atoms with E-state index >= 15 is 0 Å². The zero-order valence-corrected chi connectivity index (χ0v) is 11.3. The van der Waals surface area contributed by atoms with Gasteiger partial charge < -0.3 is 14.7 Å². The summed E-state index contributed by atoms with van der Waals surface area (Å²) < 4.78 is 1.84. The number of hydrogen-bond donors (Lipinski definition) is 2. The molecule has 1 aromatic carbocycles. The Morgan fingerprint density at radius 1 is 1.47 bits per heavy atom. The van der Waals surface area contributed by atoms with Crippen molar-refractivity contribution >= 4 is 30.8 Å². The molecule has 0 saturated carbocycles. The van der Waals surface area contributed by atoms with Gasteiger partial charge in [0.05, 0.1) is 10.7 Å². The molecule has 1 aromatic heterocycles. The lowest BCUT2D eigenvalue weighted by atomic mass is 10.1. The molecule has 0 fully saturated rings. The van der Waals surface area contributed by atoms with Crippen molar-refractivity contribution in [2.24, 2.45) is 0 Å². The summed E-state index contributed by atoms with van der Waals surface area (Å²) in [5.74, 6) is -0.943. The Morgan fingerprint density at radius 3 is 2.68 bits per heavy atom. The number of carboxylic acid groups (broad SMARTS) is 1.